The van der Waals surface area contributed by atoms with Crippen molar-refractivity contribution in [1.82, 2.24) is 10.6 Å². The van der Waals surface area contributed by atoms with Gasteiger partial charge in [0.25, 0.3) is 0 Å². The normalized spacial score (nSPS) is 18.4. The van der Waals surface area contributed by atoms with Crippen molar-refractivity contribution >= 4 is 11.7 Å². The summed E-state index contributed by atoms with van der Waals surface area (Å²) >= 11 is 0. The Kier molecular flexibility index (Phi) is 11.2. The molecule has 0 radical (unpaired) electrons. The molecule has 5 heteroatoms. The smallest absolute Gasteiger partial charge is 0.319 e. The molecule has 0 aliphatic heterocycles. The fourth-order valence-corrected chi connectivity index (χ4v) is 3.17. The summed E-state index contributed by atoms with van der Waals surface area (Å²) in [6, 6.07) is 7.63. The predicted octanol–water partition coefficient (Wildman–Crippen LogP) is 4.99. The molecule has 0 bridgehead atoms. The summed E-state index contributed by atoms with van der Waals surface area (Å²) in [5.41, 5.74) is 5.95. The van der Waals surface area contributed by atoms with Crippen molar-refractivity contribution in [3.8, 4) is 0 Å². The number of urea groups is 1. The van der Waals surface area contributed by atoms with Gasteiger partial charge in [0.2, 0.25) is 0 Å². The SMILES string of the molecule is C=C/C=C1\C(=C)CCCC1NC(=O)N/C(C)=C/C(C)=NC.Cc1cccc(CO)c1. The van der Waals surface area contributed by atoms with E-state index in [2.05, 4.69) is 28.8 Å². The second-order valence-electron chi connectivity index (χ2n) is 7.34. The van der Waals surface area contributed by atoms with Crippen LogP contribution in [0.1, 0.15) is 44.2 Å². The van der Waals surface area contributed by atoms with Crippen molar-refractivity contribution in [2.24, 2.45) is 4.99 Å². The van der Waals surface area contributed by atoms with Gasteiger partial charge in [-0.15, -0.1) is 0 Å². The van der Waals surface area contributed by atoms with Gasteiger partial charge in [0.1, 0.15) is 0 Å². The van der Waals surface area contributed by atoms with Gasteiger partial charge in [-0.2, -0.15) is 0 Å². The zero-order valence-electron chi connectivity index (χ0n) is 18.7. The first-order chi connectivity index (χ1) is 14.3. The maximum atomic E-state index is 12.1. The first-order valence-corrected chi connectivity index (χ1v) is 10.2. The first-order valence-electron chi connectivity index (χ1n) is 10.2. The lowest BCUT2D eigenvalue weighted by molar-refractivity contribution is 0.240. The highest BCUT2D eigenvalue weighted by Gasteiger charge is 2.22. The van der Waals surface area contributed by atoms with Crippen LogP contribution >= 0.6 is 0 Å². The molecule has 1 aliphatic rings. The quantitative estimate of drug-likeness (QED) is 0.600. The maximum absolute atomic E-state index is 12.1. The molecule has 1 aromatic carbocycles. The molecule has 3 N–H and O–H groups in total. The van der Waals surface area contributed by atoms with Gasteiger partial charge in [0, 0.05) is 18.5 Å². The van der Waals surface area contributed by atoms with E-state index in [0.29, 0.717) is 0 Å². The Labute approximate surface area is 181 Å². The Morgan fingerprint density at radius 1 is 1.37 bits per heavy atom. The zero-order chi connectivity index (χ0) is 22.5. The van der Waals surface area contributed by atoms with E-state index in [1.54, 1.807) is 13.1 Å². The van der Waals surface area contributed by atoms with E-state index in [9.17, 15) is 4.79 Å². The third-order valence-corrected chi connectivity index (χ3v) is 4.71. The molecular formula is C25H35N3O2. The topological polar surface area (TPSA) is 73.7 Å². The van der Waals surface area contributed by atoms with E-state index in [-0.39, 0.29) is 18.7 Å². The maximum Gasteiger partial charge on any atom is 0.319 e. The molecule has 162 valence electrons. The van der Waals surface area contributed by atoms with Gasteiger partial charge in [0.15, 0.2) is 0 Å². The fourth-order valence-electron chi connectivity index (χ4n) is 3.17. The summed E-state index contributed by atoms with van der Waals surface area (Å²) in [7, 11) is 1.72. The summed E-state index contributed by atoms with van der Waals surface area (Å²) in [6.45, 7) is 13.7. The van der Waals surface area contributed by atoms with Gasteiger partial charge in [-0.05, 0) is 62.8 Å². The molecular weight excluding hydrogens is 374 g/mol. The van der Waals surface area contributed by atoms with Gasteiger partial charge < -0.3 is 15.7 Å². The number of benzene rings is 1. The number of allylic oxidation sites excluding steroid dienone is 4. The van der Waals surface area contributed by atoms with Crippen LogP contribution in [0, 0.1) is 6.92 Å². The third kappa shape index (κ3) is 9.05. The summed E-state index contributed by atoms with van der Waals surface area (Å²) < 4.78 is 0. The molecule has 0 heterocycles. The highest BCUT2D eigenvalue weighted by Crippen LogP contribution is 2.27. The number of rotatable bonds is 5. The van der Waals surface area contributed by atoms with Crippen LogP contribution in [-0.4, -0.2) is 29.9 Å². The number of hydrogen-bond donors (Lipinski definition) is 3. The zero-order valence-corrected chi connectivity index (χ0v) is 18.7. The average Bonchev–Trinajstić information content (AvgIpc) is 2.70. The summed E-state index contributed by atoms with van der Waals surface area (Å²) in [5, 5.41) is 14.5. The number of nitrogens with one attached hydrogen (secondary N) is 2. The summed E-state index contributed by atoms with van der Waals surface area (Å²) in [6.07, 6.45) is 8.44. The molecule has 2 amide bonds. The van der Waals surface area contributed by atoms with Crippen molar-refractivity contribution < 1.29 is 9.90 Å². The molecule has 1 atom stereocenters. The molecule has 0 spiro atoms. The minimum absolute atomic E-state index is 0.00186. The minimum Gasteiger partial charge on any atom is -0.392 e. The van der Waals surface area contributed by atoms with Crippen molar-refractivity contribution in [2.75, 3.05) is 7.05 Å². The first kappa shape index (κ1) is 25.1. The van der Waals surface area contributed by atoms with Crippen LogP contribution < -0.4 is 10.6 Å². The minimum atomic E-state index is -0.206. The van der Waals surface area contributed by atoms with Crippen molar-refractivity contribution in [2.45, 2.75) is 52.7 Å². The molecule has 0 saturated heterocycles. The molecule has 1 saturated carbocycles. The Morgan fingerprint density at radius 2 is 2.10 bits per heavy atom. The molecule has 0 aromatic heterocycles. The number of aliphatic imine (C=N–C) groups is 1. The van der Waals surface area contributed by atoms with E-state index in [0.717, 1.165) is 47.4 Å². The average molecular weight is 410 g/mol. The Hall–Kier alpha value is -2.92. The summed E-state index contributed by atoms with van der Waals surface area (Å²) in [5.74, 6) is 0. The number of hydrogen-bond acceptors (Lipinski definition) is 3. The van der Waals surface area contributed by atoms with E-state index in [1.807, 2.05) is 57.2 Å². The highest BCUT2D eigenvalue weighted by atomic mass is 16.3. The van der Waals surface area contributed by atoms with Crippen molar-refractivity contribution in [3.05, 3.63) is 83.6 Å². The van der Waals surface area contributed by atoms with Crippen LogP contribution in [0.4, 0.5) is 4.79 Å². The van der Waals surface area contributed by atoms with Gasteiger partial charge >= 0.3 is 6.03 Å². The molecule has 1 fully saturated rings. The number of carbonyl (C=O) groups excluding carboxylic acids is 1. The van der Waals surface area contributed by atoms with Gasteiger partial charge in [-0.25, -0.2) is 4.79 Å². The number of aliphatic hydroxyl groups excluding tert-OH is 1. The number of aryl methyl sites for hydroxylation is 1. The van der Waals surface area contributed by atoms with Crippen LogP contribution in [0.2, 0.25) is 0 Å². The third-order valence-electron chi connectivity index (χ3n) is 4.71. The molecule has 1 aliphatic carbocycles. The van der Waals surface area contributed by atoms with Crippen LogP contribution in [0.25, 0.3) is 0 Å². The van der Waals surface area contributed by atoms with Crippen LogP contribution in [0.3, 0.4) is 0 Å². The molecule has 1 aromatic rings. The second kappa shape index (κ2) is 13.3. The lowest BCUT2D eigenvalue weighted by atomic mass is 9.86. The van der Waals surface area contributed by atoms with Crippen LogP contribution in [-0.2, 0) is 6.61 Å². The number of amides is 2. The fraction of sp³-hybridized carbons (Fsp3) is 0.360. The molecule has 5 nitrogen and oxygen atoms in total. The Bertz CT molecular complexity index is 835. The number of carbonyl (C=O) groups is 1. The monoisotopic (exact) mass is 409 g/mol. The molecule has 2 rings (SSSR count). The van der Waals surface area contributed by atoms with Crippen LogP contribution in [0.15, 0.2) is 77.5 Å². The highest BCUT2D eigenvalue weighted by molar-refractivity contribution is 5.93. The molecule has 30 heavy (non-hydrogen) atoms. The van der Waals surface area contributed by atoms with Crippen molar-refractivity contribution in [3.63, 3.8) is 0 Å². The lowest BCUT2D eigenvalue weighted by Crippen LogP contribution is -2.43. The largest absolute Gasteiger partial charge is 0.392 e. The van der Waals surface area contributed by atoms with Crippen molar-refractivity contribution in [1.29, 1.82) is 0 Å². The van der Waals surface area contributed by atoms with Gasteiger partial charge in [-0.1, -0.05) is 55.1 Å². The summed E-state index contributed by atoms with van der Waals surface area (Å²) in [4.78, 5) is 16.1. The van der Waals surface area contributed by atoms with E-state index < -0.39 is 0 Å². The van der Waals surface area contributed by atoms with Gasteiger partial charge in [0.05, 0.1) is 12.6 Å². The van der Waals surface area contributed by atoms with Gasteiger partial charge in [-0.3, -0.25) is 4.99 Å². The molecule has 1 unspecified atom stereocenters. The van der Waals surface area contributed by atoms with E-state index >= 15 is 0 Å². The van der Waals surface area contributed by atoms with Crippen LogP contribution in [0.5, 0.6) is 0 Å². The number of nitrogens with zero attached hydrogens (tertiary/aromatic N) is 1. The standard InChI is InChI=1S/C17H25N3O.C8H10O/c1-6-8-15-12(2)9-7-10-16(15)20-17(21)19-14(4)11-13(3)18-5;1-7-3-2-4-8(5-7)6-9/h6,8,11,16H,1-2,7,9-10H2,3-5H3,(H2,19,20,21);2-5,9H,6H2,1H3/b14-11+,15-8+,18-13?;. The van der Waals surface area contributed by atoms with E-state index in [4.69, 9.17) is 5.11 Å². The lowest BCUT2D eigenvalue weighted by Gasteiger charge is -2.28. The Balaban J connectivity index is 0.000000414. The second-order valence-corrected chi connectivity index (χ2v) is 7.34. The predicted molar refractivity (Wildman–Crippen MR) is 127 cm³/mol. The van der Waals surface area contributed by atoms with E-state index in [1.165, 1.54) is 5.56 Å². The Morgan fingerprint density at radius 3 is 2.67 bits per heavy atom. The number of aliphatic hydroxyl groups is 1.